The zero-order valence-electron chi connectivity index (χ0n) is 12.6. The van der Waals surface area contributed by atoms with Crippen LogP contribution >= 0.6 is 0 Å². The summed E-state index contributed by atoms with van der Waals surface area (Å²) in [6.45, 7) is 3.57. The maximum Gasteiger partial charge on any atom is 0.428 e. The topological polar surface area (TPSA) is 72.8 Å². The van der Waals surface area contributed by atoms with Crippen LogP contribution in [0.15, 0.2) is 17.4 Å². The third-order valence-corrected chi connectivity index (χ3v) is 3.13. The number of alkyl halides is 3. The second-order valence-electron chi connectivity index (χ2n) is 4.93. The molecule has 1 aromatic rings. The van der Waals surface area contributed by atoms with Crippen LogP contribution < -0.4 is 10.2 Å². The molecule has 23 heavy (non-hydrogen) atoms. The number of carbonyl (C=O) groups excluding carboxylic acids is 1. The van der Waals surface area contributed by atoms with Crippen LogP contribution in [0.5, 0.6) is 5.88 Å². The molecule has 2 heterocycles. The molecule has 0 spiro atoms. The minimum Gasteiger partial charge on any atom is -0.477 e. The number of cyclic esters (lactones) is 1. The summed E-state index contributed by atoms with van der Waals surface area (Å²) in [5.41, 5.74) is 1.33. The summed E-state index contributed by atoms with van der Waals surface area (Å²) in [6.07, 6.45) is -3.52. The van der Waals surface area contributed by atoms with Gasteiger partial charge in [-0.25, -0.2) is 15.2 Å². The number of nitrogens with zero attached hydrogens (tertiary/aromatic N) is 2. The van der Waals surface area contributed by atoms with E-state index in [-0.39, 0.29) is 17.9 Å². The Morgan fingerprint density at radius 2 is 2.17 bits per heavy atom. The third kappa shape index (κ3) is 4.11. The smallest absolute Gasteiger partial charge is 0.428 e. The Morgan fingerprint density at radius 3 is 2.78 bits per heavy atom. The number of rotatable bonds is 5. The van der Waals surface area contributed by atoms with E-state index in [0.29, 0.717) is 6.42 Å². The van der Waals surface area contributed by atoms with Gasteiger partial charge in [0.05, 0.1) is 6.61 Å². The summed E-state index contributed by atoms with van der Waals surface area (Å²) in [4.78, 5) is 14.8. The zero-order valence-corrected chi connectivity index (χ0v) is 12.6. The standard InChI is InChI=1S/C14H16F3N3O3/c1-3-4-5-22-12-10(14(15,16)17)6-9(7-18-12)11-8(2)23-13(21)20-19-11/h6-8H,3-5H2,1-2H3,(H,20,21). The highest BCUT2D eigenvalue weighted by molar-refractivity contribution is 6.05. The Balaban J connectivity index is 2.35. The Bertz CT molecular complexity index is 617. The van der Waals surface area contributed by atoms with Crippen molar-refractivity contribution in [2.75, 3.05) is 6.61 Å². The molecule has 1 atom stereocenters. The van der Waals surface area contributed by atoms with Crippen molar-refractivity contribution >= 4 is 11.8 Å². The summed E-state index contributed by atoms with van der Waals surface area (Å²) in [5, 5.41) is 3.73. The van der Waals surface area contributed by atoms with Gasteiger partial charge in [0, 0.05) is 11.8 Å². The van der Waals surface area contributed by atoms with Gasteiger partial charge in [-0.3, -0.25) is 0 Å². The van der Waals surface area contributed by atoms with Crippen LogP contribution in [0, 0.1) is 0 Å². The molecule has 1 unspecified atom stereocenters. The van der Waals surface area contributed by atoms with Crippen LogP contribution in [0.3, 0.4) is 0 Å². The number of hydrogen-bond acceptors (Lipinski definition) is 5. The largest absolute Gasteiger partial charge is 0.477 e. The van der Waals surface area contributed by atoms with Crippen LogP contribution in [0.25, 0.3) is 0 Å². The number of ether oxygens (including phenoxy) is 2. The average Bonchev–Trinajstić information content (AvgIpc) is 2.47. The predicted octanol–water partition coefficient (Wildman–Crippen LogP) is 3.11. The van der Waals surface area contributed by atoms with E-state index in [9.17, 15) is 18.0 Å². The lowest BCUT2D eigenvalue weighted by Gasteiger charge is -2.21. The lowest BCUT2D eigenvalue weighted by molar-refractivity contribution is -0.139. The SMILES string of the molecule is CCCCOc1ncc(C2=NNC(=O)OC2C)cc1C(F)(F)F. The second kappa shape index (κ2) is 6.84. The second-order valence-corrected chi connectivity index (χ2v) is 4.93. The number of carbonyl (C=O) groups is 1. The fraction of sp³-hybridized carbons (Fsp3) is 0.500. The van der Waals surface area contributed by atoms with Gasteiger partial charge in [0.1, 0.15) is 17.4 Å². The van der Waals surface area contributed by atoms with E-state index in [2.05, 4.69) is 15.5 Å². The lowest BCUT2D eigenvalue weighted by Crippen LogP contribution is -2.37. The van der Waals surface area contributed by atoms with E-state index in [1.54, 1.807) is 0 Å². The minimum atomic E-state index is -4.62. The molecular formula is C14H16F3N3O3. The van der Waals surface area contributed by atoms with Crippen molar-refractivity contribution in [3.8, 4) is 5.88 Å². The van der Waals surface area contributed by atoms with Gasteiger partial charge in [-0.05, 0) is 19.4 Å². The van der Waals surface area contributed by atoms with Crippen LogP contribution in [-0.4, -0.2) is 29.5 Å². The lowest BCUT2D eigenvalue weighted by atomic mass is 10.1. The number of nitrogens with one attached hydrogen (secondary N) is 1. The predicted molar refractivity (Wildman–Crippen MR) is 75.3 cm³/mol. The third-order valence-electron chi connectivity index (χ3n) is 3.13. The Morgan fingerprint density at radius 1 is 1.43 bits per heavy atom. The molecule has 9 heteroatoms. The van der Waals surface area contributed by atoms with E-state index in [0.717, 1.165) is 12.5 Å². The van der Waals surface area contributed by atoms with E-state index in [1.807, 2.05) is 6.92 Å². The molecule has 0 aromatic carbocycles. The van der Waals surface area contributed by atoms with Gasteiger partial charge in [-0.15, -0.1) is 0 Å². The van der Waals surface area contributed by atoms with Gasteiger partial charge in [-0.1, -0.05) is 13.3 Å². The Kier molecular flexibility index (Phi) is 5.07. The highest BCUT2D eigenvalue weighted by atomic mass is 19.4. The first-order valence-corrected chi connectivity index (χ1v) is 7.07. The Labute approximate surface area is 130 Å². The molecule has 0 saturated heterocycles. The van der Waals surface area contributed by atoms with Crippen LogP contribution in [0.2, 0.25) is 0 Å². The molecule has 0 radical (unpaired) electrons. The summed E-state index contributed by atoms with van der Waals surface area (Å²) in [7, 11) is 0. The first-order valence-electron chi connectivity index (χ1n) is 7.07. The average molecular weight is 331 g/mol. The van der Waals surface area contributed by atoms with Gasteiger partial charge < -0.3 is 9.47 Å². The molecule has 0 fully saturated rings. The van der Waals surface area contributed by atoms with Crippen molar-refractivity contribution in [2.24, 2.45) is 5.10 Å². The minimum absolute atomic E-state index is 0.104. The number of hydrogen-bond donors (Lipinski definition) is 1. The van der Waals surface area contributed by atoms with Gasteiger partial charge in [0.25, 0.3) is 0 Å². The molecule has 6 nitrogen and oxygen atoms in total. The first-order chi connectivity index (χ1) is 10.8. The zero-order chi connectivity index (χ0) is 17.0. The highest BCUT2D eigenvalue weighted by Crippen LogP contribution is 2.36. The fourth-order valence-electron chi connectivity index (χ4n) is 1.96. The number of hydrazone groups is 1. The number of halogens is 3. The van der Waals surface area contributed by atoms with Gasteiger partial charge >= 0.3 is 12.3 Å². The molecular weight excluding hydrogens is 315 g/mol. The van der Waals surface area contributed by atoms with Crippen LogP contribution in [0.1, 0.15) is 37.8 Å². The van der Waals surface area contributed by atoms with Crippen molar-refractivity contribution in [2.45, 2.75) is 39.0 Å². The molecule has 0 bridgehead atoms. The monoisotopic (exact) mass is 331 g/mol. The van der Waals surface area contributed by atoms with Gasteiger partial charge in [0.15, 0.2) is 0 Å². The summed E-state index contributed by atoms with van der Waals surface area (Å²) in [6, 6.07) is 0.893. The highest BCUT2D eigenvalue weighted by Gasteiger charge is 2.36. The molecule has 0 saturated carbocycles. The molecule has 1 N–H and O–H groups in total. The number of amides is 1. The van der Waals surface area contributed by atoms with Gasteiger partial charge in [0.2, 0.25) is 5.88 Å². The maximum atomic E-state index is 13.2. The molecule has 1 amide bonds. The van der Waals surface area contributed by atoms with Crippen LogP contribution in [-0.2, 0) is 10.9 Å². The van der Waals surface area contributed by atoms with Crippen molar-refractivity contribution in [1.82, 2.24) is 10.4 Å². The summed E-state index contributed by atoms with van der Waals surface area (Å²) >= 11 is 0. The normalized spacial score (nSPS) is 18.0. The quantitative estimate of drug-likeness (QED) is 0.842. The molecule has 1 aromatic heterocycles. The first kappa shape index (κ1) is 17.0. The molecule has 126 valence electrons. The molecule has 2 rings (SSSR count). The number of aromatic nitrogens is 1. The fourth-order valence-corrected chi connectivity index (χ4v) is 1.96. The van der Waals surface area contributed by atoms with Crippen molar-refractivity contribution in [3.05, 3.63) is 23.4 Å². The van der Waals surface area contributed by atoms with E-state index < -0.39 is 29.8 Å². The Hall–Kier alpha value is -2.32. The van der Waals surface area contributed by atoms with Crippen LogP contribution in [0.4, 0.5) is 18.0 Å². The van der Waals surface area contributed by atoms with E-state index in [4.69, 9.17) is 9.47 Å². The molecule has 1 aliphatic heterocycles. The van der Waals surface area contributed by atoms with Crippen molar-refractivity contribution in [1.29, 1.82) is 0 Å². The number of unbranched alkanes of at least 4 members (excludes halogenated alkanes) is 1. The van der Waals surface area contributed by atoms with E-state index >= 15 is 0 Å². The summed E-state index contributed by atoms with van der Waals surface area (Å²) < 4.78 is 49.6. The van der Waals surface area contributed by atoms with Crippen molar-refractivity contribution < 1.29 is 27.4 Å². The number of pyridine rings is 1. The van der Waals surface area contributed by atoms with Crippen molar-refractivity contribution in [3.63, 3.8) is 0 Å². The van der Waals surface area contributed by atoms with Gasteiger partial charge in [-0.2, -0.15) is 18.3 Å². The van der Waals surface area contributed by atoms with E-state index in [1.165, 1.54) is 13.1 Å². The molecule has 0 aliphatic carbocycles. The maximum absolute atomic E-state index is 13.2. The summed E-state index contributed by atoms with van der Waals surface area (Å²) in [5.74, 6) is -0.469. The molecule has 1 aliphatic rings.